The van der Waals surface area contributed by atoms with Crippen LogP contribution < -0.4 is 4.74 Å². The summed E-state index contributed by atoms with van der Waals surface area (Å²) >= 11 is 0. The molecule has 0 amide bonds. The van der Waals surface area contributed by atoms with E-state index in [4.69, 9.17) is 4.55 Å². The van der Waals surface area contributed by atoms with Crippen molar-refractivity contribution < 1.29 is 52.8 Å². The summed E-state index contributed by atoms with van der Waals surface area (Å²) < 4.78 is 133. The molecule has 0 aliphatic carbocycles. The van der Waals surface area contributed by atoms with Gasteiger partial charge in [-0.05, 0) is 0 Å². The van der Waals surface area contributed by atoms with Crippen LogP contribution in [0.25, 0.3) is 0 Å². The Balaban J connectivity index is 3.41. The maximum absolute atomic E-state index is 13.0. The molecule has 1 rings (SSSR count). The fourth-order valence-corrected chi connectivity index (χ4v) is 1.32. The molecule has 0 saturated heterocycles. The fourth-order valence-electron chi connectivity index (χ4n) is 0.979. The molecule has 1 aromatic rings. The highest BCUT2D eigenvalue weighted by atomic mass is 32.2. The van der Waals surface area contributed by atoms with Crippen molar-refractivity contribution >= 4 is 10.1 Å². The van der Waals surface area contributed by atoms with Gasteiger partial charge < -0.3 is 4.74 Å². The Kier molecular flexibility index (Phi) is 4.13. The number of hydrogen-bond donors (Lipinski definition) is 1. The van der Waals surface area contributed by atoms with Crippen molar-refractivity contribution in [1.29, 1.82) is 0 Å². The van der Waals surface area contributed by atoms with Crippen LogP contribution in [0.1, 0.15) is 0 Å². The fraction of sp³-hybridized carbons (Fsp3) is 0.250. The molecule has 1 N–H and O–H groups in total. The quantitative estimate of drug-likeness (QED) is 0.517. The summed E-state index contributed by atoms with van der Waals surface area (Å²) in [5, 5.41) is -6.35. The minimum atomic E-state index is -6.77. The summed E-state index contributed by atoms with van der Waals surface area (Å²) in [7, 11) is -6.77. The van der Waals surface area contributed by atoms with E-state index in [1.807, 2.05) is 0 Å². The maximum atomic E-state index is 13.0. The normalized spacial score (nSPS) is 13.4. The van der Waals surface area contributed by atoms with Crippen molar-refractivity contribution in [2.75, 3.05) is 0 Å². The first kappa shape index (κ1) is 17.4. The first-order valence-corrected chi connectivity index (χ1v) is 5.91. The van der Waals surface area contributed by atoms with E-state index >= 15 is 0 Å². The highest BCUT2D eigenvalue weighted by Gasteiger charge is 2.69. The Labute approximate surface area is 110 Å². The summed E-state index contributed by atoms with van der Waals surface area (Å²) in [4.78, 5) is 0. The summed E-state index contributed by atoms with van der Waals surface area (Å²) in [5.41, 5.74) is 0. The van der Waals surface area contributed by atoms with Gasteiger partial charge in [-0.1, -0.05) is 0 Å². The molecule has 13 heteroatoms. The summed E-state index contributed by atoms with van der Waals surface area (Å²) in [5.74, 6) is -12.4. The van der Waals surface area contributed by atoms with Crippen LogP contribution in [0.5, 0.6) is 5.75 Å². The molecule has 0 spiro atoms. The van der Waals surface area contributed by atoms with E-state index in [0.29, 0.717) is 0 Å². The van der Waals surface area contributed by atoms with E-state index in [-0.39, 0.29) is 0 Å². The number of benzene rings is 1. The number of halogens is 8. The molecule has 0 aliphatic rings. The van der Waals surface area contributed by atoms with E-state index in [1.165, 1.54) is 0 Å². The zero-order valence-electron chi connectivity index (χ0n) is 9.18. The van der Waals surface area contributed by atoms with Crippen molar-refractivity contribution in [2.45, 2.75) is 11.4 Å². The number of ether oxygens (including phenoxy) is 1. The number of alkyl halides is 4. The topological polar surface area (TPSA) is 63.6 Å². The largest absolute Gasteiger partial charge is 0.483 e. The van der Waals surface area contributed by atoms with E-state index in [1.54, 1.807) is 0 Å². The molecule has 0 aromatic heterocycles. The standard InChI is InChI=1S/C8H2F8O4S/c9-2-1-3(10)5(12)6(4(2)11)20-7(13,14)8(15,16)21(17,18)19/h1H,(H,17,18,19). The molecule has 0 aliphatic heterocycles. The van der Waals surface area contributed by atoms with Crippen LogP contribution in [-0.2, 0) is 10.1 Å². The first-order chi connectivity index (χ1) is 9.22. The van der Waals surface area contributed by atoms with Crippen molar-refractivity contribution in [1.82, 2.24) is 0 Å². The number of hydrogen-bond acceptors (Lipinski definition) is 3. The van der Waals surface area contributed by atoms with E-state index in [0.717, 1.165) is 0 Å². The van der Waals surface area contributed by atoms with Gasteiger partial charge in [0.1, 0.15) is 0 Å². The zero-order chi connectivity index (χ0) is 16.8. The Morgan fingerprint density at radius 1 is 0.952 bits per heavy atom. The van der Waals surface area contributed by atoms with Crippen LogP contribution >= 0.6 is 0 Å². The zero-order valence-corrected chi connectivity index (χ0v) is 10.00. The van der Waals surface area contributed by atoms with Gasteiger partial charge in [0.2, 0.25) is 17.4 Å². The third-order valence-electron chi connectivity index (χ3n) is 1.96. The molecule has 0 atom stereocenters. The third-order valence-corrected chi connectivity index (χ3v) is 2.85. The molecule has 0 bridgehead atoms. The van der Waals surface area contributed by atoms with E-state index in [9.17, 15) is 43.5 Å². The molecular weight excluding hydrogens is 344 g/mol. The van der Waals surface area contributed by atoms with Gasteiger partial charge in [0, 0.05) is 6.07 Å². The van der Waals surface area contributed by atoms with Gasteiger partial charge in [0.25, 0.3) is 0 Å². The molecule has 1 aromatic carbocycles. The smallest absolute Gasteiger partial charge is 0.421 e. The Hall–Kier alpha value is -1.63. The molecule has 21 heavy (non-hydrogen) atoms. The van der Waals surface area contributed by atoms with Crippen LogP contribution in [-0.4, -0.2) is 24.3 Å². The summed E-state index contributed by atoms with van der Waals surface area (Å²) in [6, 6.07) is -0.434. The molecule has 0 unspecified atom stereocenters. The Morgan fingerprint density at radius 2 is 1.33 bits per heavy atom. The second-order valence-electron chi connectivity index (χ2n) is 3.41. The van der Waals surface area contributed by atoms with Crippen LogP contribution in [0.2, 0.25) is 0 Å². The Bertz CT molecular complexity index is 645. The molecule has 0 fully saturated rings. The second kappa shape index (κ2) is 4.98. The van der Waals surface area contributed by atoms with E-state index < -0.39 is 56.6 Å². The van der Waals surface area contributed by atoms with Gasteiger partial charge in [0.05, 0.1) is 0 Å². The monoisotopic (exact) mass is 346 g/mol. The molecule has 120 valence electrons. The van der Waals surface area contributed by atoms with Gasteiger partial charge in [-0.15, -0.1) is 0 Å². The SMILES string of the molecule is O=S(=O)(O)C(F)(F)C(F)(F)Oc1c(F)c(F)cc(F)c1F. The summed E-state index contributed by atoms with van der Waals surface area (Å²) in [6.07, 6.45) is -6.23. The average Bonchev–Trinajstić information content (AvgIpc) is 2.30. The van der Waals surface area contributed by atoms with Crippen molar-refractivity contribution in [3.63, 3.8) is 0 Å². The van der Waals surface area contributed by atoms with Crippen LogP contribution in [0, 0.1) is 23.3 Å². The van der Waals surface area contributed by atoms with Gasteiger partial charge >= 0.3 is 21.5 Å². The minimum absolute atomic E-state index is 0.434. The molecule has 0 radical (unpaired) electrons. The molecular formula is C8H2F8O4S. The van der Waals surface area contributed by atoms with Gasteiger partial charge in [-0.3, -0.25) is 4.55 Å². The van der Waals surface area contributed by atoms with Gasteiger partial charge in [-0.25, -0.2) is 8.78 Å². The highest BCUT2D eigenvalue weighted by molar-refractivity contribution is 7.86. The van der Waals surface area contributed by atoms with Crippen molar-refractivity contribution in [3.8, 4) is 5.75 Å². The van der Waals surface area contributed by atoms with Crippen LogP contribution in [0.4, 0.5) is 35.1 Å². The maximum Gasteiger partial charge on any atom is 0.483 e. The lowest BCUT2D eigenvalue weighted by molar-refractivity contribution is -0.276. The van der Waals surface area contributed by atoms with Gasteiger partial charge in [-0.2, -0.15) is 34.8 Å². The number of rotatable bonds is 4. The van der Waals surface area contributed by atoms with Crippen LogP contribution in [0.3, 0.4) is 0 Å². The van der Waals surface area contributed by atoms with Crippen molar-refractivity contribution in [2.24, 2.45) is 0 Å². The highest BCUT2D eigenvalue weighted by Crippen LogP contribution is 2.41. The lowest BCUT2D eigenvalue weighted by Crippen LogP contribution is -2.50. The second-order valence-corrected chi connectivity index (χ2v) is 4.87. The van der Waals surface area contributed by atoms with Crippen molar-refractivity contribution in [3.05, 3.63) is 29.3 Å². The Morgan fingerprint density at radius 3 is 1.67 bits per heavy atom. The molecule has 0 saturated carbocycles. The van der Waals surface area contributed by atoms with Gasteiger partial charge in [0.15, 0.2) is 11.6 Å². The molecule has 0 heterocycles. The van der Waals surface area contributed by atoms with Crippen LogP contribution in [0.15, 0.2) is 6.07 Å². The predicted molar refractivity (Wildman–Crippen MR) is 48.3 cm³/mol. The minimum Gasteiger partial charge on any atom is -0.421 e. The first-order valence-electron chi connectivity index (χ1n) is 4.47. The lowest BCUT2D eigenvalue weighted by Gasteiger charge is -2.24. The average molecular weight is 346 g/mol. The predicted octanol–water partition coefficient (Wildman–Crippen LogP) is 2.70. The third kappa shape index (κ3) is 2.88. The molecule has 4 nitrogen and oxygen atoms in total. The van der Waals surface area contributed by atoms with E-state index in [2.05, 4.69) is 4.74 Å². The lowest BCUT2D eigenvalue weighted by atomic mass is 10.3. The summed E-state index contributed by atoms with van der Waals surface area (Å²) in [6.45, 7) is 0.